The van der Waals surface area contributed by atoms with Crippen LogP contribution < -0.4 is 10.6 Å². The number of hydrogen-bond acceptors (Lipinski definition) is 3. The van der Waals surface area contributed by atoms with Gasteiger partial charge < -0.3 is 10.6 Å². The van der Waals surface area contributed by atoms with Crippen molar-refractivity contribution in [1.29, 1.82) is 0 Å². The van der Waals surface area contributed by atoms with Crippen LogP contribution in [0, 0.1) is 0 Å². The SMILES string of the molecule is CCSCCNC(=O)c1ccc(-c2ccc(Cl)c(C(=O)NC)c2)cc1. The Bertz CT molecular complexity index is 748. The molecule has 0 bridgehead atoms. The van der Waals surface area contributed by atoms with E-state index in [0.717, 1.165) is 22.6 Å². The number of carbonyl (C=O) groups excluding carboxylic acids is 2. The summed E-state index contributed by atoms with van der Waals surface area (Å²) in [6.07, 6.45) is 0. The minimum atomic E-state index is -0.229. The lowest BCUT2D eigenvalue weighted by molar-refractivity contribution is 0.0951. The van der Waals surface area contributed by atoms with E-state index in [-0.39, 0.29) is 11.8 Å². The van der Waals surface area contributed by atoms with Gasteiger partial charge in [0, 0.05) is 24.9 Å². The average Bonchev–Trinajstić information content (AvgIpc) is 2.65. The van der Waals surface area contributed by atoms with Gasteiger partial charge in [-0.3, -0.25) is 9.59 Å². The average molecular weight is 377 g/mol. The molecule has 0 aliphatic heterocycles. The van der Waals surface area contributed by atoms with Gasteiger partial charge in [0.1, 0.15) is 0 Å². The Morgan fingerprint density at radius 3 is 2.36 bits per heavy atom. The summed E-state index contributed by atoms with van der Waals surface area (Å²) in [5.74, 6) is 1.65. The second-order valence-electron chi connectivity index (χ2n) is 5.30. The number of benzene rings is 2. The summed E-state index contributed by atoms with van der Waals surface area (Å²) in [6.45, 7) is 2.75. The first-order valence-corrected chi connectivity index (χ1v) is 9.58. The lowest BCUT2D eigenvalue weighted by atomic mass is 10.0. The first kappa shape index (κ1) is 19.3. The summed E-state index contributed by atoms with van der Waals surface area (Å²) < 4.78 is 0. The molecule has 0 unspecified atom stereocenters. The van der Waals surface area contributed by atoms with E-state index in [4.69, 9.17) is 11.6 Å². The second kappa shape index (κ2) is 9.49. The number of nitrogens with one attached hydrogen (secondary N) is 2. The highest BCUT2D eigenvalue weighted by molar-refractivity contribution is 7.99. The largest absolute Gasteiger partial charge is 0.355 e. The van der Waals surface area contributed by atoms with Gasteiger partial charge in [0.05, 0.1) is 10.6 Å². The van der Waals surface area contributed by atoms with Gasteiger partial charge in [0.2, 0.25) is 0 Å². The normalized spacial score (nSPS) is 10.4. The molecule has 6 heteroatoms. The van der Waals surface area contributed by atoms with Crippen LogP contribution in [-0.4, -0.2) is 36.9 Å². The van der Waals surface area contributed by atoms with Crippen LogP contribution in [0.1, 0.15) is 27.6 Å². The van der Waals surface area contributed by atoms with Gasteiger partial charge in [0.25, 0.3) is 11.8 Å². The van der Waals surface area contributed by atoms with Crippen molar-refractivity contribution in [3.8, 4) is 11.1 Å². The van der Waals surface area contributed by atoms with Crippen LogP contribution in [0.25, 0.3) is 11.1 Å². The monoisotopic (exact) mass is 376 g/mol. The Hall–Kier alpha value is -1.98. The van der Waals surface area contributed by atoms with Crippen LogP contribution >= 0.6 is 23.4 Å². The zero-order chi connectivity index (χ0) is 18.2. The molecule has 2 aromatic carbocycles. The predicted molar refractivity (Wildman–Crippen MR) is 106 cm³/mol. The standard InChI is InChI=1S/C19H21ClN2O2S/c1-3-25-11-10-22-18(23)14-6-4-13(5-7-14)15-8-9-17(20)16(12-15)19(24)21-2/h4-9,12H,3,10-11H2,1-2H3,(H,21,24)(H,22,23). The molecule has 25 heavy (non-hydrogen) atoms. The molecule has 2 aromatic rings. The summed E-state index contributed by atoms with van der Waals surface area (Å²) in [7, 11) is 1.57. The highest BCUT2D eigenvalue weighted by Crippen LogP contribution is 2.25. The summed E-state index contributed by atoms with van der Waals surface area (Å²) in [6, 6.07) is 12.6. The fraction of sp³-hybridized carbons (Fsp3) is 0.263. The number of hydrogen-bond donors (Lipinski definition) is 2. The van der Waals surface area contributed by atoms with E-state index in [1.165, 1.54) is 0 Å². The van der Waals surface area contributed by atoms with E-state index in [0.29, 0.717) is 22.7 Å². The van der Waals surface area contributed by atoms with Gasteiger partial charge in [-0.25, -0.2) is 0 Å². The molecule has 0 saturated heterocycles. The molecular formula is C19H21ClN2O2S. The number of rotatable bonds is 7. The number of amides is 2. The highest BCUT2D eigenvalue weighted by atomic mass is 35.5. The molecule has 4 nitrogen and oxygen atoms in total. The van der Waals surface area contributed by atoms with Crippen molar-refractivity contribution in [2.75, 3.05) is 25.1 Å². The van der Waals surface area contributed by atoms with Crippen molar-refractivity contribution >= 4 is 35.2 Å². The van der Waals surface area contributed by atoms with E-state index in [1.807, 2.05) is 18.2 Å². The third-order valence-electron chi connectivity index (χ3n) is 3.65. The van der Waals surface area contributed by atoms with Crippen LogP contribution in [0.4, 0.5) is 0 Å². The third-order valence-corrected chi connectivity index (χ3v) is 4.89. The lowest BCUT2D eigenvalue weighted by Crippen LogP contribution is -2.25. The topological polar surface area (TPSA) is 58.2 Å². The number of carbonyl (C=O) groups is 2. The van der Waals surface area contributed by atoms with E-state index >= 15 is 0 Å². The molecule has 0 saturated carbocycles. The Kier molecular flexibility index (Phi) is 7.34. The third kappa shape index (κ3) is 5.25. The van der Waals surface area contributed by atoms with E-state index in [9.17, 15) is 9.59 Å². The first-order valence-electron chi connectivity index (χ1n) is 8.04. The van der Waals surface area contributed by atoms with Crippen LogP contribution in [-0.2, 0) is 0 Å². The molecule has 0 atom stereocenters. The smallest absolute Gasteiger partial charge is 0.252 e. The molecule has 2 N–H and O–H groups in total. The highest BCUT2D eigenvalue weighted by Gasteiger charge is 2.11. The van der Waals surface area contributed by atoms with Crippen LogP contribution in [0.3, 0.4) is 0 Å². The summed E-state index contributed by atoms with van der Waals surface area (Å²) in [5, 5.41) is 5.88. The van der Waals surface area contributed by atoms with Gasteiger partial charge in [0.15, 0.2) is 0 Å². The molecule has 0 heterocycles. The van der Waals surface area contributed by atoms with Crippen molar-refractivity contribution in [1.82, 2.24) is 10.6 Å². The van der Waals surface area contributed by atoms with Crippen molar-refractivity contribution in [3.05, 3.63) is 58.6 Å². The number of halogens is 1. The van der Waals surface area contributed by atoms with Crippen molar-refractivity contribution in [3.63, 3.8) is 0 Å². The zero-order valence-electron chi connectivity index (χ0n) is 14.3. The maximum Gasteiger partial charge on any atom is 0.252 e. The van der Waals surface area contributed by atoms with Gasteiger partial charge in [-0.1, -0.05) is 36.7 Å². The minimum Gasteiger partial charge on any atom is -0.355 e. The fourth-order valence-electron chi connectivity index (χ4n) is 2.31. The molecular weight excluding hydrogens is 356 g/mol. The molecule has 0 spiro atoms. The van der Waals surface area contributed by atoms with Gasteiger partial charge >= 0.3 is 0 Å². The molecule has 0 fully saturated rings. The fourth-order valence-corrected chi connectivity index (χ4v) is 3.05. The molecule has 0 aromatic heterocycles. The minimum absolute atomic E-state index is 0.0783. The van der Waals surface area contributed by atoms with E-state index in [1.54, 1.807) is 43.1 Å². The molecule has 0 radical (unpaired) electrons. The summed E-state index contributed by atoms with van der Waals surface area (Å²) >= 11 is 7.87. The molecule has 0 aliphatic rings. The van der Waals surface area contributed by atoms with Crippen molar-refractivity contribution in [2.45, 2.75) is 6.92 Å². The molecule has 132 valence electrons. The van der Waals surface area contributed by atoms with E-state index < -0.39 is 0 Å². The van der Waals surface area contributed by atoms with Crippen LogP contribution in [0.5, 0.6) is 0 Å². The Labute approximate surface area is 157 Å². The lowest BCUT2D eigenvalue weighted by Gasteiger charge is -2.08. The van der Waals surface area contributed by atoms with Gasteiger partial charge in [-0.15, -0.1) is 0 Å². The van der Waals surface area contributed by atoms with Gasteiger partial charge in [-0.2, -0.15) is 11.8 Å². The molecule has 2 amide bonds. The maximum absolute atomic E-state index is 12.1. The zero-order valence-corrected chi connectivity index (χ0v) is 15.8. The number of thioether (sulfide) groups is 1. The maximum atomic E-state index is 12.1. The van der Waals surface area contributed by atoms with Gasteiger partial charge in [-0.05, 0) is 41.1 Å². The second-order valence-corrected chi connectivity index (χ2v) is 7.10. The molecule has 0 aliphatic carbocycles. The molecule has 2 rings (SSSR count). The Morgan fingerprint density at radius 2 is 1.72 bits per heavy atom. The van der Waals surface area contributed by atoms with Crippen LogP contribution in [0.15, 0.2) is 42.5 Å². The van der Waals surface area contributed by atoms with E-state index in [2.05, 4.69) is 17.6 Å². The Balaban J connectivity index is 2.12. The van der Waals surface area contributed by atoms with Crippen molar-refractivity contribution < 1.29 is 9.59 Å². The first-order chi connectivity index (χ1) is 12.1. The summed E-state index contributed by atoms with van der Waals surface area (Å²) in [5.41, 5.74) is 2.83. The Morgan fingerprint density at radius 1 is 1.04 bits per heavy atom. The predicted octanol–water partition coefficient (Wildman–Crippen LogP) is 3.85. The summed E-state index contributed by atoms with van der Waals surface area (Å²) in [4.78, 5) is 23.9. The van der Waals surface area contributed by atoms with Crippen molar-refractivity contribution in [2.24, 2.45) is 0 Å². The quantitative estimate of drug-likeness (QED) is 0.721. The van der Waals surface area contributed by atoms with Crippen LogP contribution in [0.2, 0.25) is 5.02 Å².